The van der Waals surface area contributed by atoms with Gasteiger partial charge in [-0.15, -0.1) is 0 Å². The maximum atomic E-state index is 14.0. The molecule has 1 N–H and O–H groups in total. The Bertz CT molecular complexity index is 1060. The van der Waals surface area contributed by atoms with Gasteiger partial charge in [0.2, 0.25) is 15.8 Å². The fraction of sp³-hybridized carbons (Fsp3) is 0.350. The molecule has 32 heavy (non-hydrogen) atoms. The maximum absolute atomic E-state index is 14.0. The zero-order valence-electron chi connectivity index (χ0n) is 17.2. The standard InChI is InChI=1S/C20H20F5NO5S/c1-20(2,3)31-19(27)12(10-30-9-11-7-5-4-6-8-11)26-32(28,29)18-16(24)14(22)13(21)15(23)17(18)25/h4-8,12,26H,9-10H2,1-3H3. The highest BCUT2D eigenvalue weighted by molar-refractivity contribution is 7.89. The predicted molar refractivity (Wildman–Crippen MR) is 102 cm³/mol. The molecule has 0 fully saturated rings. The third kappa shape index (κ3) is 6.24. The van der Waals surface area contributed by atoms with Crippen molar-refractivity contribution in [3.63, 3.8) is 0 Å². The van der Waals surface area contributed by atoms with Crippen molar-refractivity contribution in [1.82, 2.24) is 4.72 Å². The van der Waals surface area contributed by atoms with Gasteiger partial charge in [-0.2, -0.15) is 4.72 Å². The molecule has 0 aromatic heterocycles. The van der Waals surface area contributed by atoms with Gasteiger partial charge in [-0.25, -0.2) is 30.4 Å². The van der Waals surface area contributed by atoms with E-state index in [0.29, 0.717) is 5.56 Å². The lowest BCUT2D eigenvalue weighted by Gasteiger charge is -2.24. The molecule has 2 aromatic carbocycles. The summed E-state index contributed by atoms with van der Waals surface area (Å²) in [6.45, 7) is 3.71. The van der Waals surface area contributed by atoms with Crippen molar-refractivity contribution in [2.45, 2.75) is 43.9 Å². The molecule has 0 heterocycles. The first-order valence-electron chi connectivity index (χ1n) is 9.13. The number of halogens is 5. The normalized spacial score (nSPS) is 13.1. The Hall–Kier alpha value is -2.57. The van der Waals surface area contributed by atoms with E-state index in [1.165, 1.54) is 20.8 Å². The van der Waals surface area contributed by atoms with Gasteiger partial charge in [-0.05, 0) is 26.3 Å². The quantitative estimate of drug-likeness (QED) is 0.270. The van der Waals surface area contributed by atoms with E-state index >= 15 is 0 Å². The van der Waals surface area contributed by atoms with Crippen LogP contribution in [-0.2, 0) is 30.9 Å². The lowest BCUT2D eigenvalue weighted by molar-refractivity contribution is -0.158. The molecule has 0 aliphatic heterocycles. The predicted octanol–water partition coefficient (Wildman–Crippen LogP) is 3.59. The van der Waals surface area contributed by atoms with Crippen molar-refractivity contribution in [3.05, 3.63) is 65.0 Å². The third-order valence-electron chi connectivity index (χ3n) is 3.82. The fourth-order valence-electron chi connectivity index (χ4n) is 2.46. The van der Waals surface area contributed by atoms with Crippen molar-refractivity contribution in [3.8, 4) is 0 Å². The number of rotatable bonds is 8. The maximum Gasteiger partial charge on any atom is 0.327 e. The van der Waals surface area contributed by atoms with E-state index < -0.39 is 68.2 Å². The molecule has 0 saturated heterocycles. The number of esters is 1. The molecule has 0 bridgehead atoms. The van der Waals surface area contributed by atoms with Crippen LogP contribution in [0.25, 0.3) is 0 Å². The lowest BCUT2D eigenvalue weighted by atomic mass is 10.2. The highest BCUT2D eigenvalue weighted by Gasteiger charge is 2.37. The minimum absolute atomic E-state index is 0.0651. The van der Waals surface area contributed by atoms with Crippen LogP contribution in [-0.4, -0.2) is 32.6 Å². The zero-order valence-corrected chi connectivity index (χ0v) is 18.0. The first kappa shape index (κ1) is 25.7. The highest BCUT2D eigenvalue weighted by atomic mass is 32.2. The van der Waals surface area contributed by atoms with Gasteiger partial charge >= 0.3 is 5.97 Å². The molecule has 0 saturated carbocycles. The number of sulfonamides is 1. The van der Waals surface area contributed by atoms with Crippen LogP contribution in [0.5, 0.6) is 0 Å². The van der Waals surface area contributed by atoms with Gasteiger partial charge in [0.25, 0.3) is 0 Å². The second-order valence-corrected chi connectivity index (χ2v) is 9.26. The number of carbonyl (C=O) groups is 1. The number of hydrogen-bond acceptors (Lipinski definition) is 5. The van der Waals surface area contributed by atoms with Crippen LogP contribution in [0, 0.1) is 29.1 Å². The summed E-state index contributed by atoms with van der Waals surface area (Å²) in [5.74, 6) is -13.7. The molecule has 2 aromatic rings. The summed E-state index contributed by atoms with van der Waals surface area (Å²) in [6, 6.07) is 6.66. The van der Waals surface area contributed by atoms with Crippen molar-refractivity contribution in [1.29, 1.82) is 0 Å². The Balaban J connectivity index is 2.34. The first-order chi connectivity index (χ1) is 14.7. The molecule has 0 amide bonds. The van der Waals surface area contributed by atoms with Crippen LogP contribution in [0.2, 0.25) is 0 Å². The number of hydrogen-bond donors (Lipinski definition) is 1. The molecule has 0 aliphatic carbocycles. The van der Waals surface area contributed by atoms with E-state index in [2.05, 4.69) is 0 Å². The van der Waals surface area contributed by atoms with E-state index in [0.717, 1.165) is 0 Å². The number of benzene rings is 2. The molecular formula is C20H20F5NO5S. The molecule has 1 atom stereocenters. The summed E-state index contributed by atoms with van der Waals surface area (Å²) in [7, 11) is -5.41. The summed E-state index contributed by atoms with van der Waals surface area (Å²) < 4.78 is 105. The molecule has 0 spiro atoms. The monoisotopic (exact) mass is 481 g/mol. The topological polar surface area (TPSA) is 81.7 Å². The van der Waals surface area contributed by atoms with E-state index in [9.17, 15) is 35.2 Å². The summed E-state index contributed by atoms with van der Waals surface area (Å²) in [5.41, 5.74) is -0.414. The Labute approximate surface area is 181 Å². The Morgan fingerprint density at radius 1 is 0.938 bits per heavy atom. The van der Waals surface area contributed by atoms with E-state index in [1.807, 2.05) is 0 Å². The Morgan fingerprint density at radius 3 is 1.94 bits per heavy atom. The van der Waals surface area contributed by atoms with Gasteiger partial charge < -0.3 is 9.47 Å². The molecule has 1 unspecified atom stereocenters. The van der Waals surface area contributed by atoms with Gasteiger partial charge in [-0.1, -0.05) is 30.3 Å². The summed E-state index contributed by atoms with van der Waals surface area (Å²) in [4.78, 5) is 10.3. The van der Waals surface area contributed by atoms with Crippen LogP contribution < -0.4 is 4.72 Å². The van der Waals surface area contributed by atoms with E-state index in [1.54, 1.807) is 35.1 Å². The van der Waals surface area contributed by atoms with Crippen molar-refractivity contribution >= 4 is 16.0 Å². The van der Waals surface area contributed by atoms with Crippen LogP contribution in [0.1, 0.15) is 26.3 Å². The van der Waals surface area contributed by atoms with Crippen molar-refractivity contribution < 1.29 is 44.6 Å². The van der Waals surface area contributed by atoms with Gasteiger partial charge in [0.1, 0.15) is 11.6 Å². The zero-order chi connectivity index (χ0) is 24.3. The molecule has 6 nitrogen and oxygen atoms in total. The van der Waals surface area contributed by atoms with Crippen molar-refractivity contribution in [2.24, 2.45) is 0 Å². The van der Waals surface area contributed by atoms with E-state index in [4.69, 9.17) is 9.47 Å². The Morgan fingerprint density at radius 2 is 1.44 bits per heavy atom. The first-order valence-corrected chi connectivity index (χ1v) is 10.6. The van der Waals surface area contributed by atoms with Crippen molar-refractivity contribution in [2.75, 3.05) is 6.61 Å². The second-order valence-electron chi connectivity index (χ2n) is 7.61. The molecule has 12 heteroatoms. The fourth-order valence-corrected chi connectivity index (χ4v) is 3.77. The number of ether oxygens (including phenoxy) is 2. The number of carbonyl (C=O) groups excluding carboxylic acids is 1. The molecule has 176 valence electrons. The van der Waals surface area contributed by atoms with E-state index in [-0.39, 0.29) is 6.61 Å². The van der Waals surface area contributed by atoms with Gasteiger partial charge in [0.05, 0.1) is 13.2 Å². The van der Waals surface area contributed by atoms with Gasteiger partial charge in [0.15, 0.2) is 28.2 Å². The second kappa shape index (κ2) is 9.92. The third-order valence-corrected chi connectivity index (χ3v) is 5.31. The average Bonchev–Trinajstić information content (AvgIpc) is 2.69. The van der Waals surface area contributed by atoms with Gasteiger partial charge in [0, 0.05) is 0 Å². The Kier molecular flexibility index (Phi) is 7.97. The molecule has 0 aliphatic rings. The molecule has 0 radical (unpaired) electrons. The van der Waals surface area contributed by atoms with Crippen LogP contribution in [0.15, 0.2) is 35.2 Å². The summed E-state index contributed by atoms with van der Waals surface area (Å²) >= 11 is 0. The molecular weight excluding hydrogens is 461 g/mol. The summed E-state index contributed by atoms with van der Waals surface area (Å²) in [5, 5.41) is 0. The highest BCUT2D eigenvalue weighted by Crippen LogP contribution is 2.27. The minimum atomic E-state index is -5.41. The van der Waals surface area contributed by atoms with Crippen LogP contribution in [0.4, 0.5) is 22.0 Å². The summed E-state index contributed by atoms with van der Waals surface area (Å²) in [6.07, 6.45) is 0. The average molecular weight is 481 g/mol. The van der Waals surface area contributed by atoms with Crippen LogP contribution >= 0.6 is 0 Å². The minimum Gasteiger partial charge on any atom is -0.459 e. The van der Waals surface area contributed by atoms with Crippen LogP contribution in [0.3, 0.4) is 0 Å². The smallest absolute Gasteiger partial charge is 0.327 e. The lowest BCUT2D eigenvalue weighted by Crippen LogP contribution is -2.47. The molecule has 2 rings (SSSR count). The SMILES string of the molecule is CC(C)(C)OC(=O)C(COCc1ccccc1)NS(=O)(=O)c1c(F)c(F)c(F)c(F)c1F. The largest absolute Gasteiger partial charge is 0.459 e. The van der Waals surface area contributed by atoms with Gasteiger partial charge in [-0.3, -0.25) is 4.79 Å². The number of nitrogens with one attached hydrogen (secondary N) is 1.